The smallest absolute Gasteiger partial charge is 0.354 e. The zero-order valence-corrected chi connectivity index (χ0v) is 16.9. The number of fused-ring (bicyclic) bond motifs is 1. The van der Waals surface area contributed by atoms with Crippen molar-refractivity contribution in [3.8, 4) is 0 Å². The highest BCUT2D eigenvalue weighted by Gasteiger charge is 2.22. The first kappa shape index (κ1) is 21.3. The number of halogens is 2. The maximum atomic E-state index is 12.8. The van der Waals surface area contributed by atoms with Crippen LogP contribution in [0.2, 0.25) is 10.0 Å². The Hall–Kier alpha value is -2.05. The van der Waals surface area contributed by atoms with Gasteiger partial charge in [-0.05, 0) is 31.0 Å². The van der Waals surface area contributed by atoms with Crippen molar-refractivity contribution in [2.75, 3.05) is 18.0 Å². The normalized spacial score (nSPS) is 10.8. The molecule has 0 fully saturated rings. The minimum absolute atomic E-state index is 0.168. The predicted molar refractivity (Wildman–Crippen MR) is 109 cm³/mol. The van der Waals surface area contributed by atoms with Crippen molar-refractivity contribution in [2.24, 2.45) is 0 Å². The number of nitrogens with one attached hydrogen (secondary N) is 1. The molecule has 2 aromatic rings. The molecular formula is C19H23Cl2N3O3. The summed E-state index contributed by atoms with van der Waals surface area (Å²) in [4.78, 5) is 30.0. The molecule has 0 bridgehead atoms. The van der Waals surface area contributed by atoms with Gasteiger partial charge in [-0.25, -0.2) is 14.6 Å². The van der Waals surface area contributed by atoms with Crippen LogP contribution in [0.15, 0.2) is 18.2 Å². The Morgan fingerprint density at radius 2 is 1.85 bits per heavy atom. The van der Waals surface area contributed by atoms with Gasteiger partial charge in [-0.2, -0.15) is 0 Å². The molecule has 0 aliphatic heterocycles. The Morgan fingerprint density at radius 1 is 1.15 bits per heavy atom. The summed E-state index contributed by atoms with van der Waals surface area (Å²) in [6.07, 6.45) is 3.47. The molecule has 0 spiro atoms. The van der Waals surface area contributed by atoms with E-state index in [1.807, 2.05) is 13.8 Å². The van der Waals surface area contributed by atoms with Crippen LogP contribution in [-0.4, -0.2) is 35.2 Å². The summed E-state index contributed by atoms with van der Waals surface area (Å²) in [7, 11) is 0. The molecular weight excluding hydrogens is 389 g/mol. The summed E-state index contributed by atoms with van der Waals surface area (Å²) in [5, 5.41) is 13.5. The van der Waals surface area contributed by atoms with E-state index in [-0.39, 0.29) is 11.7 Å². The first-order valence-electron chi connectivity index (χ1n) is 8.97. The van der Waals surface area contributed by atoms with Crippen molar-refractivity contribution >= 4 is 51.8 Å². The summed E-state index contributed by atoms with van der Waals surface area (Å²) < 4.78 is 0. The monoisotopic (exact) mass is 411 g/mol. The number of unbranched alkanes of at least 4 members (excludes halogenated alkanes) is 2. The molecule has 8 heteroatoms. The van der Waals surface area contributed by atoms with Crippen molar-refractivity contribution in [3.63, 3.8) is 0 Å². The van der Waals surface area contributed by atoms with Gasteiger partial charge in [-0.1, -0.05) is 49.9 Å². The highest BCUT2D eigenvalue weighted by Crippen LogP contribution is 2.35. The number of hydrogen-bond acceptors (Lipinski definition) is 3. The van der Waals surface area contributed by atoms with Gasteiger partial charge < -0.3 is 10.4 Å². The molecule has 0 unspecified atom stereocenters. The van der Waals surface area contributed by atoms with E-state index >= 15 is 0 Å². The Balaban J connectivity index is 2.61. The predicted octanol–water partition coefficient (Wildman–Crippen LogP) is 5.36. The molecule has 2 N–H and O–H groups in total. The zero-order chi connectivity index (χ0) is 20.0. The van der Waals surface area contributed by atoms with Gasteiger partial charge >= 0.3 is 12.0 Å². The molecule has 0 aliphatic carbocycles. The van der Waals surface area contributed by atoms with Crippen LogP contribution in [0, 0.1) is 0 Å². The fraction of sp³-hybridized carbons (Fsp3) is 0.421. The molecule has 146 valence electrons. The number of urea groups is 1. The molecule has 1 aromatic carbocycles. The van der Waals surface area contributed by atoms with Crippen LogP contribution in [0.3, 0.4) is 0 Å². The van der Waals surface area contributed by atoms with Gasteiger partial charge in [-0.3, -0.25) is 4.90 Å². The highest BCUT2D eigenvalue weighted by atomic mass is 35.5. The number of benzene rings is 1. The second-order valence-corrected chi connectivity index (χ2v) is 7.05. The summed E-state index contributed by atoms with van der Waals surface area (Å²) in [6, 6.07) is 4.21. The minimum Gasteiger partial charge on any atom is -0.477 e. The number of nitrogens with zero attached hydrogens (tertiary/aromatic N) is 2. The SMILES string of the molecule is CCCCNC(=O)N(CCCC)c1cc(C(=O)O)nc2cc(Cl)cc(Cl)c12. The Morgan fingerprint density at radius 3 is 2.48 bits per heavy atom. The number of pyridine rings is 1. The summed E-state index contributed by atoms with van der Waals surface area (Å²) >= 11 is 12.4. The molecule has 1 heterocycles. The minimum atomic E-state index is -1.18. The third-order valence-electron chi connectivity index (χ3n) is 4.10. The van der Waals surface area contributed by atoms with Crippen LogP contribution in [-0.2, 0) is 0 Å². The third-order valence-corrected chi connectivity index (χ3v) is 4.62. The van der Waals surface area contributed by atoms with Crippen LogP contribution in [0.25, 0.3) is 10.9 Å². The molecule has 2 rings (SSSR count). The van der Waals surface area contributed by atoms with E-state index < -0.39 is 5.97 Å². The number of rotatable bonds is 8. The van der Waals surface area contributed by atoms with Gasteiger partial charge in [0, 0.05) is 23.5 Å². The highest BCUT2D eigenvalue weighted by molar-refractivity contribution is 6.39. The lowest BCUT2D eigenvalue weighted by molar-refractivity contribution is 0.0691. The van der Waals surface area contributed by atoms with E-state index in [0.29, 0.717) is 39.7 Å². The summed E-state index contributed by atoms with van der Waals surface area (Å²) in [6.45, 7) is 5.05. The number of carboxylic acids is 1. The molecule has 27 heavy (non-hydrogen) atoms. The maximum Gasteiger partial charge on any atom is 0.354 e. The van der Waals surface area contributed by atoms with Crippen molar-refractivity contribution in [3.05, 3.63) is 33.9 Å². The average Bonchev–Trinajstić information content (AvgIpc) is 2.61. The Kier molecular flexibility index (Phi) is 7.68. The lowest BCUT2D eigenvalue weighted by atomic mass is 10.1. The van der Waals surface area contributed by atoms with Crippen LogP contribution >= 0.6 is 23.2 Å². The van der Waals surface area contributed by atoms with E-state index in [2.05, 4.69) is 10.3 Å². The lowest BCUT2D eigenvalue weighted by Crippen LogP contribution is -2.41. The fourth-order valence-corrected chi connectivity index (χ4v) is 3.28. The molecule has 0 saturated carbocycles. The van der Waals surface area contributed by atoms with Crippen LogP contribution in [0.1, 0.15) is 50.0 Å². The van der Waals surface area contributed by atoms with E-state index in [4.69, 9.17) is 23.2 Å². The van der Waals surface area contributed by atoms with Crippen LogP contribution < -0.4 is 10.2 Å². The quantitative estimate of drug-likeness (QED) is 0.572. The number of aromatic nitrogens is 1. The van der Waals surface area contributed by atoms with E-state index in [9.17, 15) is 14.7 Å². The number of amides is 2. The topological polar surface area (TPSA) is 82.5 Å². The second kappa shape index (κ2) is 9.76. The second-order valence-electron chi connectivity index (χ2n) is 6.20. The Bertz CT molecular complexity index is 843. The number of carboxylic acid groups (broad SMARTS) is 1. The van der Waals surface area contributed by atoms with Gasteiger partial charge in [0.05, 0.1) is 16.2 Å². The number of hydrogen-bond donors (Lipinski definition) is 2. The summed E-state index contributed by atoms with van der Waals surface area (Å²) in [5.74, 6) is -1.18. The first-order chi connectivity index (χ1) is 12.9. The zero-order valence-electron chi connectivity index (χ0n) is 15.4. The molecule has 2 amide bonds. The van der Waals surface area contributed by atoms with Crippen LogP contribution in [0.5, 0.6) is 0 Å². The van der Waals surface area contributed by atoms with Gasteiger partial charge in [0.1, 0.15) is 0 Å². The van der Waals surface area contributed by atoms with Crippen LogP contribution in [0.4, 0.5) is 10.5 Å². The number of aromatic carboxylic acids is 1. The van der Waals surface area contributed by atoms with Gasteiger partial charge in [0.2, 0.25) is 0 Å². The van der Waals surface area contributed by atoms with E-state index in [0.717, 1.165) is 25.7 Å². The standard InChI is InChI=1S/C19H23Cl2N3O3/c1-3-5-7-22-19(27)24(8-6-4-2)16-11-15(18(25)26)23-14-10-12(20)9-13(21)17(14)16/h9-11H,3-8H2,1-2H3,(H,22,27)(H,25,26). The maximum absolute atomic E-state index is 12.8. The number of anilines is 1. The largest absolute Gasteiger partial charge is 0.477 e. The lowest BCUT2D eigenvalue weighted by Gasteiger charge is -2.25. The molecule has 6 nitrogen and oxygen atoms in total. The first-order valence-corrected chi connectivity index (χ1v) is 9.73. The summed E-state index contributed by atoms with van der Waals surface area (Å²) in [5.41, 5.74) is 0.588. The Labute approximate surface area is 168 Å². The molecule has 0 saturated heterocycles. The number of carbonyl (C=O) groups excluding carboxylic acids is 1. The third kappa shape index (κ3) is 5.23. The average molecular weight is 412 g/mol. The fourth-order valence-electron chi connectivity index (χ4n) is 2.70. The van der Waals surface area contributed by atoms with Gasteiger partial charge in [-0.15, -0.1) is 0 Å². The molecule has 0 aliphatic rings. The van der Waals surface area contributed by atoms with Crippen molar-refractivity contribution in [2.45, 2.75) is 39.5 Å². The van der Waals surface area contributed by atoms with Gasteiger partial charge in [0.25, 0.3) is 0 Å². The van der Waals surface area contributed by atoms with Crippen molar-refractivity contribution in [1.29, 1.82) is 0 Å². The molecule has 0 radical (unpaired) electrons. The van der Waals surface area contributed by atoms with Crippen molar-refractivity contribution in [1.82, 2.24) is 10.3 Å². The molecule has 1 aromatic heterocycles. The molecule has 0 atom stereocenters. The van der Waals surface area contributed by atoms with E-state index in [1.165, 1.54) is 11.0 Å². The van der Waals surface area contributed by atoms with Gasteiger partial charge in [0.15, 0.2) is 5.69 Å². The number of carbonyl (C=O) groups is 2. The van der Waals surface area contributed by atoms with E-state index in [1.54, 1.807) is 12.1 Å². The van der Waals surface area contributed by atoms with Crippen molar-refractivity contribution < 1.29 is 14.7 Å².